The number of allylic oxidation sites excluding steroid dienone is 1. The Hall–Kier alpha value is -3.65. The summed E-state index contributed by atoms with van der Waals surface area (Å²) in [5.41, 5.74) is 1.65. The molecule has 6 rings (SSSR count). The molecule has 12 heteroatoms. The molecular formula is C27H26N2O10. The number of carboxylic acids is 1. The fourth-order valence-electron chi connectivity index (χ4n) is 5.74. The zero-order valence-electron chi connectivity index (χ0n) is 20.5. The van der Waals surface area contributed by atoms with Crippen molar-refractivity contribution in [1.82, 2.24) is 9.55 Å². The van der Waals surface area contributed by atoms with Crippen LogP contribution in [0, 0.1) is 11.8 Å². The van der Waals surface area contributed by atoms with Crippen LogP contribution in [0.1, 0.15) is 21.0 Å². The van der Waals surface area contributed by atoms with Crippen LogP contribution in [-0.4, -0.2) is 90.6 Å². The van der Waals surface area contributed by atoms with Crippen molar-refractivity contribution in [2.24, 2.45) is 11.8 Å². The lowest BCUT2D eigenvalue weighted by Gasteiger charge is -2.43. The third-order valence-corrected chi connectivity index (χ3v) is 7.70. The van der Waals surface area contributed by atoms with Crippen LogP contribution in [0.25, 0.3) is 21.8 Å². The highest BCUT2D eigenvalue weighted by Gasteiger charge is 2.48. The number of nitrogens with zero attached hydrogens (tertiary/aromatic N) is 2. The van der Waals surface area contributed by atoms with Crippen LogP contribution >= 0.6 is 0 Å². The molecule has 5 heterocycles. The van der Waals surface area contributed by atoms with E-state index >= 15 is 0 Å². The van der Waals surface area contributed by atoms with Gasteiger partial charge in [-0.15, -0.1) is 6.58 Å². The predicted molar refractivity (Wildman–Crippen MR) is 134 cm³/mol. The molecule has 0 aliphatic carbocycles. The zero-order valence-corrected chi connectivity index (χ0v) is 20.5. The van der Waals surface area contributed by atoms with E-state index in [9.17, 15) is 35.1 Å². The molecule has 0 saturated carbocycles. The number of rotatable bonds is 5. The number of aliphatic hydroxyl groups excluding tert-OH is 4. The smallest absolute Gasteiger partial charge is 0.354 e. The Kier molecular flexibility index (Phi) is 6.25. The van der Waals surface area contributed by atoms with Crippen molar-refractivity contribution in [2.45, 2.75) is 43.4 Å². The Bertz CT molecular complexity index is 1530. The first-order valence-corrected chi connectivity index (χ1v) is 12.4. The first-order valence-electron chi connectivity index (χ1n) is 12.4. The third-order valence-electron chi connectivity index (χ3n) is 7.70. The van der Waals surface area contributed by atoms with Crippen LogP contribution in [0.3, 0.4) is 0 Å². The standard InChI is InChI=1S/C27H26N2O10/c1-2-11-13-7-16-20-14(8-17(28-16)25(35)36)12-5-3-4-6-18(12)29(20)24(34)15(13)10-37-26(11)39-27-23(33)22(32)21(31)19(9-30)38-27/h2-6,8,10-11,13,19,21-23,26-27,30-33H,1,7,9H2,(H,35,36). The SMILES string of the molecule is C=CC1C(OC2OC(CO)C(O)C(O)C2O)OC=C2C(=O)n3c4ccccc4c4cc(C(=O)O)nc(c43)CC21. The highest BCUT2D eigenvalue weighted by molar-refractivity contribution is 6.18. The van der Waals surface area contributed by atoms with Gasteiger partial charge in [-0.2, -0.15) is 0 Å². The number of carbonyl (C=O) groups excluding carboxylic acids is 1. The number of hydrogen-bond acceptors (Lipinski definition) is 10. The summed E-state index contributed by atoms with van der Waals surface area (Å²) in [5.74, 6) is -2.86. The van der Waals surface area contributed by atoms with Crippen LogP contribution in [0.15, 0.2) is 54.8 Å². The van der Waals surface area contributed by atoms with Gasteiger partial charge in [0.2, 0.25) is 6.29 Å². The van der Waals surface area contributed by atoms with Crippen LogP contribution in [0.5, 0.6) is 0 Å². The number of carboxylic acid groups (broad SMARTS) is 1. The molecule has 5 N–H and O–H groups in total. The molecule has 204 valence electrons. The first kappa shape index (κ1) is 25.6. The molecule has 3 aliphatic rings. The average Bonchev–Trinajstić information content (AvgIpc) is 3.21. The van der Waals surface area contributed by atoms with Gasteiger partial charge in [0.15, 0.2) is 6.29 Å². The maximum absolute atomic E-state index is 14.0. The van der Waals surface area contributed by atoms with Crippen molar-refractivity contribution < 1.29 is 49.3 Å². The van der Waals surface area contributed by atoms with E-state index in [1.165, 1.54) is 23.0 Å². The Labute approximate surface area is 221 Å². The number of aromatic carboxylic acids is 1. The van der Waals surface area contributed by atoms with E-state index in [2.05, 4.69) is 11.6 Å². The van der Waals surface area contributed by atoms with E-state index in [4.69, 9.17) is 14.2 Å². The number of ether oxygens (including phenoxy) is 3. The molecule has 1 fully saturated rings. The van der Waals surface area contributed by atoms with E-state index in [-0.39, 0.29) is 18.0 Å². The number of hydrogen-bond donors (Lipinski definition) is 5. The molecular weight excluding hydrogens is 512 g/mol. The number of benzene rings is 1. The number of aromatic nitrogens is 2. The fourth-order valence-corrected chi connectivity index (χ4v) is 5.74. The second-order valence-electron chi connectivity index (χ2n) is 9.85. The van der Waals surface area contributed by atoms with Gasteiger partial charge in [-0.3, -0.25) is 9.36 Å². The van der Waals surface area contributed by atoms with Crippen molar-refractivity contribution >= 4 is 33.7 Å². The predicted octanol–water partition coefficient (Wildman–Crippen LogP) is 0.559. The quantitative estimate of drug-likeness (QED) is 0.286. The summed E-state index contributed by atoms with van der Waals surface area (Å²) in [6.07, 6.45) is -5.70. The van der Waals surface area contributed by atoms with Crippen LogP contribution in [0.4, 0.5) is 0 Å². The van der Waals surface area contributed by atoms with Gasteiger partial charge in [0.1, 0.15) is 30.1 Å². The molecule has 8 unspecified atom stereocenters. The van der Waals surface area contributed by atoms with E-state index in [0.717, 1.165) is 0 Å². The molecule has 1 saturated heterocycles. The number of pyridine rings is 1. The van der Waals surface area contributed by atoms with Crippen LogP contribution in [0.2, 0.25) is 0 Å². The van der Waals surface area contributed by atoms with Crippen LogP contribution < -0.4 is 0 Å². The Balaban J connectivity index is 1.42. The van der Waals surface area contributed by atoms with E-state index in [1.807, 2.05) is 12.1 Å². The lowest BCUT2D eigenvalue weighted by Crippen LogP contribution is -2.60. The topological polar surface area (TPSA) is 181 Å². The molecule has 0 bridgehead atoms. The maximum Gasteiger partial charge on any atom is 0.354 e. The van der Waals surface area contributed by atoms with Gasteiger partial charge >= 0.3 is 5.97 Å². The Morgan fingerprint density at radius 1 is 1.15 bits per heavy atom. The molecule has 0 spiro atoms. The molecule has 0 radical (unpaired) electrons. The van der Waals surface area contributed by atoms with Crippen molar-refractivity contribution in [3.05, 3.63) is 66.2 Å². The average molecular weight is 539 g/mol. The lowest BCUT2D eigenvalue weighted by molar-refractivity contribution is -0.339. The summed E-state index contributed by atoms with van der Waals surface area (Å²) in [7, 11) is 0. The summed E-state index contributed by atoms with van der Waals surface area (Å²) in [6.45, 7) is 3.25. The molecule has 8 atom stereocenters. The monoisotopic (exact) mass is 538 g/mol. The van der Waals surface area contributed by atoms with Gasteiger partial charge < -0.3 is 39.7 Å². The normalized spacial score (nSPS) is 32.3. The fraction of sp³-hybridized carbons (Fsp3) is 0.370. The molecule has 12 nitrogen and oxygen atoms in total. The lowest BCUT2D eigenvalue weighted by atomic mass is 9.80. The second kappa shape index (κ2) is 9.52. The van der Waals surface area contributed by atoms with Crippen molar-refractivity contribution in [3.8, 4) is 0 Å². The van der Waals surface area contributed by atoms with Crippen molar-refractivity contribution in [1.29, 1.82) is 0 Å². The summed E-state index contributed by atoms with van der Waals surface area (Å²) in [6, 6.07) is 8.65. The molecule has 0 amide bonds. The minimum Gasteiger partial charge on any atom is -0.477 e. The Morgan fingerprint density at radius 2 is 1.92 bits per heavy atom. The summed E-state index contributed by atoms with van der Waals surface area (Å²) >= 11 is 0. The van der Waals surface area contributed by atoms with Gasteiger partial charge in [0.05, 0.1) is 35.2 Å². The van der Waals surface area contributed by atoms with Gasteiger partial charge in [-0.1, -0.05) is 24.3 Å². The largest absolute Gasteiger partial charge is 0.477 e. The highest BCUT2D eigenvalue weighted by atomic mass is 16.8. The summed E-state index contributed by atoms with van der Waals surface area (Å²) < 4.78 is 18.7. The Morgan fingerprint density at radius 3 is 2.64 bits per heavy atom. The second-order valence-corrected chi connectivity index (χ2v) is 9.85. The van der Waals surface area contributed by atoms with Gasteiger partial charge in [-0.05, 0) is 18.6 Å². The van der Waals surface area contributed by atoms with Crippen molar-refractivity contribution in [3.63, 3.8) is 0 Å². The highest BCUT2D eigenvalue weighted by Crippen LogP contribution is 2.42. The zero-order chi connectivity index (χ0) is 27.6. The van der Waals surface area contributed by atoms with E-state index < -0.39 is 61.4 Å². The maximum atomic E-state index is 14.0. The molecule has 39 heavy (non-hydrogen) atoms. The molecule has 2 aromatic heterocycles. The third kappa shape index (κ3) is 3.87. The molecule has 1 aromatic carbocycles. The summed E-state index contributed by atoms with van der Waals surface area (Å²) in [4.78, 5) is 30.3. The van der Waals surface area contributed by atoms with Gasteiger partial charge in [0, 0.05) is 22.6 Å². The van der Waals surface area contributed by atoms with E-state index in [0.29, 0.717) is 33.1 Å². The summed E-state index contributed by atoms with van der Waals surface area (Å²) in [5, 5.41) is 51.2. The minimum atomic E-state index is -1.65. The number of para-hydroxylation sites is 1. The number of aliphatic hydroxyl groups is 4. The number of fused-ring (bicyclic) bond motifs is 4. The van der Waals surface area contributed by atoms with Gasteiger partial charge in [-0.25, -0.2) is 9.78 Å². The van der Waals surface area contributed by atoms with Gasteiger partial charge in [0.25, 0.3) is 5.91 Å². The minimum absolute atomic E-state index is 0.153. The number of carbonyl (C=O) groups is 2. The molecule has 3 aromatic rings. The first-order chi connectivity index (χ1) is 18.7. The van der Waals surface area contributed by atoms with Crippen LogP contribution in [-0.2, 0) is 20.6 Å². The van der Waals surface area contributed by atoms with E-state index in [1.54, 1.807) is 12.1 Å². The van der Waals surface area contributed by atoms with Crippen molar-refractivity contribution in [2.75, 3.05) is 6.61 Å². The molecule has 3 aliphatic heterocycles.